The van der Waals surface area contributed by atoms with Gasteiger partial charge in [0.15, 0.2) is 9.84 Å². The first-order chi connectivity index (χ1) is 15.2. The highest BCUT2D eigenvalue weighted by atomic mass is 32.2. The number of rotatable bonds is 6. The Morgan fingerprint density at radius 1 is 1.09 bits per heavy atom. The lowest BCUT2D eigenvalue weighted by molar-refractivity contribution is 0.0285. The minimum absolute atomic E-state index is 0.0855. The average Bonchev–Trinajstić information content (AvgIpc) is 3.36. The van der Waals surface area contributed by atoms with E-state index in [-0.39, 0.29) is 16.3 Å². The van der Waals surface area contributed by atoms with Crippen LogP contribution in [-0.4, -0.2) is 50.7 Å². The molecule has 2 heterocycles. The van der Waals surface area contributed by atoms with Crippen molar-refractivity contribution in [3.8, 4) is 11.3 Å². The number of hydrogen-bond donors (Lipinski definition) is 0. The number of hydrogen-bond acceptors (Lipinski definition) is 7. The maximum atomic E-state index is 13.5. The van der Waals surface area contributed by atoms with E-state index in [1.807, 2.05) is 10.8 Å². The number of nitrogens with zero attached hydrogens (tertiary/aromatic N) is 2. The third-order valence-corrected chi connectivity index (χ3v) is 8.04. The highest BCUT2D eigenvalue weighted by Gasteiger charge is 2.25. The van der Waals surface area contributed by atoms with E-state index in [1.54, 1.807) is 40.0 Å². The lowest BCUT2D eigenvalue weighted by Crippen LogP contribution is -2.33. The smallest absolute Gasteiger partial charge is 0.410 e. The summed E-state index contributed by atoms with van der Waals surface area (Å²) < 4.78 is 57.4. The van der Waals surface area contributed by atoms with Crippen molar-refractivity contribution in [3.05, 3.63) is 58.9 Å². The molecule has 0 saturated carbocycles. The van der Waals surface area contributed by atoms with Crippen LogP contribution in [0.4, 0.5) is 4.79 Å². The predicted octanol–water partition coefficient (Wildman–Crippen LogP) is 4.22. The van der Waals surface area contributed by atoms with Crippen molar-refractivity contribution in [2.45, 2.75) is 42.7 Å². The summed E-state index contributed by atoms with van der Waals surface area (Å²) in [7, 11) is -6.14. The molecule has 0 N–H and O–H groups in total. The molecule has 3 rings (SSSR count). The van der Waals surface area contributed by atoms with Crippen LogP contribution in [0.2, 0.25) is 0 Å². The standard InChI is InChI=1S/C22H26N2O6S3/c1-22(2,3)30-21(25)23(4)13-16-11-20(17-9-10-31-15-17)24(14-16)33(28,29)19-8-6-7-18(12-19)32(5,26)27/h6-12,14-15H,13H2,1-5H3. The van der Waals surface area contributed by atoms with Crippen LogP contribution < -0.4 is 0 Å². The molecule has 0 bridgehead atoms. The van der Waals surface area contributed by atoms with Crippen molar-refractivity contribution < 1.29 is 26.4 Å². The molecule has 0 saturated heterocycles. The summed E-state index contributed by atoms with van der Waals surface area (Å²) in [5.74, 6) is 0. The molecule has 3 aromatic rings. The first-order valence-corrected chi connectivity index (χ1v) is 14.2. The highest BCUT2D eigenvalue weighted by molar-refractivity contribution is 7.91. The fraction of sp³-hybridized carbons (Fsp3) is 0.318. The summed E-state index contributed by atoms with van der Waals surface area (Å²) in [4.78, 5) is 13.5. The van der Waals surface area contributed by atoms with Gasteiger partial charge in [0.25, 0.3) is 10.0 Å². The largest absolute Gasteiger partial charge is 0.444 e. The van der Waals surface area contributed by atoms with Gasteiger partial charge in [-0.2, -0.15) is 11.3 Å². The van der Waals surface area contributed by atoms with Gasteiger partial charge in [0.2, 0.25) is 0 Å². The van der Waals surface area contributed by atoms with Gasteiger partial charge in [0.05, 0.1) is 22.0 Å². The molecule has 0 fully saturated rings. The van der Waals surface area contributed by atoms with Crippen LogP contribution in [0.1, 0.15) is 26.3 Å². The van der Waals surface area contributed by atoms with Gasteiger partial charge in [0.1, 0.15) is 5.60 Å². The second-order valence-corrected chi connectivity index (χ2v) is 13.2. The molecule has 178 valence electrons. The number of carbonyl (C=O) groups excluding carboxylic acids is 1. The molecule has 1 amide bonds. The molecule has 0 atom stereocenters. The molecular weight excluding hydrogens is 484 g/mol. The predicted molar refractivity (Wildman–Crippen MR) is 128 cm³/mol. The number of benzene rings is 1. The molecule has 0 unspecified atom stereocenters. The van der Waals surface area contributed by atoms with Gasteiger partial charge in [-0.25, -0.2) is 25.6 Å². The lowest BCUT2D eigenvalue weighted by atomic mass is 10.2. The third-order valence-electron chi connectivity index (χ3n) is 4.57. The molecule has 33 heavy (non-hydrogen) atoms. The molecule has 0 aliphatic heterocycles. The first-order valence-electron chi connectivity index (χ1n) is 9.92. The Bertz CT molecular complexity index is 1370. The van der Waals surface area contributed by atoms with E-state index in [1.165, 1.54) is 40.6 Å². The second kappa shape index (κ2) is 8.96. The summed E-state index contributed by atoms with van der Waals surface area (Å²) >= 11 is 1.42. The fourth-order valence-electron chi connectivity index (χ4n) is 3.06. The van der Waals surface area contributed by atoms with Crippen molar-refractivity contribution in [1.29, 1.82) is 0 Å². The SMILES string of the molecule is CN(Cc1cc(-c2ccsc2)n(S(=O)(=O)c2cccc(S(C)(=O)=O)c2)c1)C(=O)OC(C)(C)C. The van der Waals surface area contributed by atoms with E-state index in [2.05, 4.69) is 0 Å². The van der Waals surface area contributed by atoms with Gasteiger partial charge in [-0.1, -0.05) is 6.07 Å². The number of sulfone groups is 1. The molecule has 8 nitrogen and oxygen atoms in total. The lowest BCUT2D eigenvalue weighted by Gasteiger charge is -2.24. The molecule has 1 aromatic carbocycles. The Balaban J connectivity index is 2.05. The Morgan fingerprint density at radius 3 is 2.33 bits per heavy atom. The number of ether oxygens (including phenoxy) is 1. The van der Waals surface area contributed by atoms with Gasteiger partial charge in [-0.15, -0.1) is 0 Å². The van der Waals surface area contributed by atoms with Crippen LogP contribution in [0.15, 0.2) is 63.1 Å². The minimum Gasteiger partial charge on any atom is -0.444 e. The zero-order valence-corrected chi connectivity index (χ0v) is 21.4. The molecule has 2 aromatic heterocycles. The van der Waals surface area contributed by atoms with Gasteiger partial charge in [-0.3, -0.25) is 0 Å². The molecule has 0 spiro atoms. The van der Waals surface area contributed by atoms with Gasteiger partial charge >= 0.3 is 6.09 Å². The highest BCUT2D eigenvalue weighted by Crippen LogP contribution is 2.30. The van der Waals surface area contributed by atoms with Crippen LogP contribution in [0, 0.1) is 0 Å². The number of amides is 1. The molecule has 0 aliphatic carbocycles. The van der Waals surface area contributed by atoms with E-state index in [0.717, 1.165) is 16.3 Å². The van der Waals surface area contributed by atoms with Crippen LogP contribution in [-0.2, 0) is 31.1 Å². The number of thiophene rings is 1. The summed E-state index contributed by atoms with van der Waals surface area (Å²) in [6.45, 7) is 5.42. The Labute approximate surface area is 198 Å². The van der Waals surface area contributed by atoms with Gasteiger partial charge in [-0.05, 0) is 62.0 Å². The second-order valence-electron chi connectivity index (χ2n) is 8.63. The minimum atomic E-state index is -4.12. The first kappa shape index (κ1) is 25.0. The monoisotopic (exact) mass is 510 g/mol. The van der Waals surface area contributed by atoms with Crippen molar-refractivity contribution in [2.24, 2.45) is 0 Å². The fourth-order valence-corrected chi connectivity index (χ4v) is 5.90. The molecular formula is C22H26N2O6S3. The molecule has 0 aliphatic rings. The third kappa shape index (κ3) is 5.84. The maximum Gasteiger partial charge on any atom is 0.410 e. The summed E-state index contributed by atoms with van der Waals surface area (Å²) in [6.07, 6.45) is 1.93. The van der Waals surface area contributed by atoms with Crippen molar-refractivity contribution in [1.82, 2.24) is 8.87 Å². The summed E-state index contributed by atoms with van der Waals surface area (Å²) in [6, 6.07) is 8.74. The zero-order chi connectivity index (χ0) is 24.6. The molecule has 11 heteroatoms. The Morgan fingerprint density at radius 2 is 1.76 bits per heavy atom. The number of carbonyl (C=O) groups is 1. The maximum absolute atomic E-state index is 13.5. The van der Waals surface area contributed by atoms with Crippen molar-refractivity contribution >= 4 is 37.3 Å². The van der Waals surface area contributed by atoms with E-state index >= 15 is 0 Å². The van der Waals surface area contributed by atoms with Crippen LogP contribution in [0.5, 0.6) is 0 Å². The summed E-state index contributed by atoms with van der Waals surface area (Å²) in [5.41, 5.74) is 1.02. The molecule has 0 radical (unpaired) electrons. The van der Waals surface area contributed by atoms with Crippen LogP contribution >= 0.6 is 11.3 Å². The van der Waals surface area contributed by atoms with E-state index < -0.39 is 31.6 Å². The van der Waals surface area contributed by atoms with E-state index in [4.69, 9.17) is 4.74 Å². The number of aromatic nitrogens is 1. The normalized spacial score (nSPS) is 12.5. The van der Waals surface area contributed by atoms with Crippen molar-refractivity contribution in [3.63, 3.8) is 0 Å². The summed E-state index contributed by atoms with van der Waals surface area (Å²) in [5, 5.41) is 3.64. The van der Waals surface area contributed by atoms with Crippen LogP contribution in [0.25, 0.3) is 11.3 Å². The van der Waals surface area contributed by atoms with Gasteiger partial charge < -0.3 is 9.64 Å². The zero-order valence-electron chi connectivity index (χ0n) is 19.0. The Hall–Kier alpha value is -2.63. The average molecular weight is 511 g/mol. The van der Waals surface area contributed by atoms with E-state index in [9.17, 15) is 21.6 Å². The van der Waals surface area contributed by atoms with Gasteiger partial charge in [0, 0.05) is 30.4 Å². The van der Waals surface area contributed by atoms with E-state index in [0.29, 0.717) is 16.8 Å². The van der Waals surface area contributed by atoms with Crippen molar-refractivity contribution in [2.75, 3.05) is 13.3 Å². The quantitative estimate of drug-likeness (QED) is 0.492. The van der Waals surface area contributed by atoms with Crippen LogP contribution in [0.3, 0.4) is 0 Å². The Kier molecular flexibility index (Phi) is 6.79. The topological polar surface area (TPSA) is 103 Å².